The van der Waals surface area contributed by atoms with Crippen molar-refractivity contribution in [3.05, 3.63) is 75.1 Å². The number of thiophene rings is 2. The Bertz CT molecular complexity index is 941. The number of rotatable bonds is 12. The fourth-order valence-corrected chi connectivity index (χ4v) is 6.20. The van der Waals surface area contributed by atoms with Gasteiger partial charge in [0.25, 0.3) is 0 Å². The molecule has 0 saturated heterocycles. The van der Waals surface area contributed by atoms with Crippen LogP contribution in [-0.2, 0) is 15.1 Å². The van der Waals surface area contributed by atoms with Gasteiger partial charge in [0, 0.05) is 0 Å². The number of hydrogen-bond acceptors (Lipinski definition) is 7. The molecule has 0 aliphatic heterocycles. The summed E-state index contributed by atoms with van der Waals surface area (Å²) < 4.78 is 11.8. The Labute approximate surface area is 209 Å². The highest BCUT2D eigenvalue weighted by molar-refractivity contribution is 7.12. The highest BCUT2D eigenvalue weighted by Crippen LogP contribution is 2.38. The number of hydrogen-bond donors (Lipinski definition) is 2. The first-order valence-electron chi connectivity index (χ1n) is 12.1. The predicted molar refractivity (Wildman–Crippen MR) is 138 cm³/mol. The Morgan fingerprint density at radius 3 is 2.35 bits per heavy atom. The number of para-hydroxylation sites is 1. The molecule has 0 amide bonds. The molecule has 2 N–H and O–H groups in total. The maximum Gasteiger partial charge on any atom is 0.349 e. The Kier molecular flexibility index (Phi) is 9.16. The lowest BCUT2D eigenvalue weighted by molar-refractivity contribution is -0.172. The van der Waals surface area contributed by atoms with Crippen LogP contribution < -0.4 is 10.1 Å². The third-order valence-electron chi connectivity index (χ3n) is 6.35. The standard InChI is InChI=1S/C27H33NO4S2/c29-26(27(30,24-13-6-19-33-24)25-14-7-20-34-25)32-23-12-5-4-9-21(23)15-17-28-16-8-18-31-22-10-2-1-3-11-22/h1-3,6-7,10-11,13-14,19-21,23,28,30H,4-5,8-9,12,15-18H2/t21?,23-/m1/s1. The molecule has 0 bridgehead atoms. The number of ether oxygens (including phenoxy) is 2. The minimum absolute atomic E-state index is 0.157. The van der Waals surface area contributed by atoms with E-state index in [1.54, 1.807) is 12.1 Å². The van der Waals surface area contributed by atoms with E-state index in [-0.39, 0.29) is 6.10 Å². The maximum absolute atomic E-state index is 13.4. The van der Waals surface area contributed by atoms with Crippen LogP contribution in [0.4, 0.5) is 0 Å². The second kappa shape index (κ2) is 12.5. The maximum atomic E-state index is 13.4. The van der Waals surface area contributed by atoms with Crippen LogP contribution in [-0.4, -0.2) is 36.9 Å². The van der Waals surface area contributed by atoms with Gasteiger partial charge in [-0.15, -0.1) is 22.7 Å². The molecule has 0 spiro atoms. The Morgan fingerprint density at radius 2 is 1.68 bits per heavy atom. The molecule has 2 heterocycles. The minimum Gasteiger partial charge on any atom is -0.494 e. The van der Waals surface area contributed by atoms with E-state index in [2.05, 4.69) is 5.32 Å². The predicted octanol–water partition coefficient (Wildman–Crippen LogP) is 5.60. The van der Waals surface area contributed by atoms with Crippen molar-refractivity contribution in [3.8, 4) is 5.75 Å². The smallest absolute Gasteiger partial charge is 0.349 e. The second-order valence-electron chi connectivity index (χ2n) is 8.71. The third-order valence-corrected chi connectivity index (χ3v) is 8.31. The van der Waals surface area contributed by atoms with E-state index in [4.69, 9.17) is 9.47 Å². The van der Waals surface area contributed by atoms with Crippen molar-refractivity contribution in [2.75, 3.05) is 19.7 Å². The highest BCUT2D eigenvalue weighted by Gasteiger charge is 2.45. The summed E-state index contributed by atoms with van der Waals surface area (Å²) in [6, 6.07) is 17.2. The zero-order valence-electron chi connectivity index (χ0n) is 19.4. The first-order chi connectivity index (χ1) is 16.7. The van der Waals surface area contributed by atoms with Gasteiger partial charge in [0.2, 0.25) is 5.60 Å². The molecule has 0 radical (unpaired) electrons. The molecule has 2 atom stereocenters. The average molecular weight is 500 g/mol. The van der Waals surface area contributed by atoms with Gasteiger partial charge in [-0.1, -0.05) is 36.8 Å². The molecule has 4 rings (SSSR count). The molecule has 1 aliphatic rings. The molecule has 1 saturated carbocycles. The number of carbonyl (C=O) groups excluding carboxylic acids is 1. The molecule has 5 nitrogen and oxygen atoms in total. The summed E-state index contributed by atoms with van der Waals surface area (Å²) in [7, 11) is 0. The highest BCUT2D eigenvalue weighted by atomic mass is 32.1. The summed E-state index contributed by atoms with van der Waals surface area (Å²) in [6.45, 7) is 2.45. The van der Waals surface area contributed by atoms with Gasteiger partial charge in [-0.25, -0.2) is 4.79 Å². The van der Waals surface area contributed by atoms with Crippen molar-refractivity contribution in [2.24, 2.45) is 5.92 Å². The topological polar surface area (TPSA) is 67.8 Å². The van der Waals surface area contributed by atoms with Gasteiger partial charge in [0.05, 0.1) is 16.4 Å². The van der Waals surface area contributed by atoms with Crippen LogP contribution in [0.25, 0.3) is 0 Å². The van der Waals surface area contributed by atoms with Crippen LogP contribution in [0.15, 0.2) is 65.4 Å². The molecule has 1 unspecified atom stereocenters. The van der Waals surface area contributed by atoms with Crippen LogP contribution in [0.1, 0.15) is 48.3 Å². The van der Waals surface area contributed by atoms with Crippen molar-refractivity contribution >= 4 is 28.6 Å². The molecular formula is C27H33NO4S2. The number of aliphatic hydroxyl groups is 1. The van der Waals surface area contributed by atoms with Crippen LogP contribution in [0.3, 0.4) is 0 Å². The Balaban J connectivity index is 1.26. The van der Waals surface area contributed by atoms with E-state index >= 15 is 0 Å². The van der Waals surface area contributed by atoms with Crippen LogP contribution in [0.5, 0.6) is 5.75 Å². The fraction of sp³-hybridized carbons (Fsp3) is 0.444. The van der Waals surface area contributed by atoms with Crippen molar-refractivity contribution in [1.82, 2.24) is 5.32 Å². The largest absolute Gasteiger partial charge is 0.494 e. The molecule has 7 heteroatoms. The SMILES string of the molecule is O=C(O[C@@H]1CCCCC1CCNCCCOc1ccccc1)C(O)(c1cccs1)c1cccs1. The first kappa shape index (κ1) is 24.9. The van der Waals surface area contributed by atoms with Gasteiger partial charge >= 0.3 is 5.97 Å². The first-order valence-corrected chi connectivity index (χ1v) is 13.8. The molecule has 1 aliphatic carbocycles. The number of esters is 1. The number of benzene rings is 1. The quantitative estimate of drug-likeness (QED) is 0.251. The zero-order valence-corrected chi connectivity index (χ0v) is 21.0. The lowest BCUT2D eigenvalue weighted by Gasteiger charge is -2.34. The molecule has 2 aromatic heterocycles. The van der Waals surface area contributed by atoms with Crippen molar-refractivity contribution in [3.63, 3.8) is 0 Å². The van der Waals surface area contributed by atoms with E-state index in [1.165, 1.54) is 22.7 Å². The number of nitrogens with one attached hydrogen (secondary N) is 1. The lowest BCUT2D eigenvalue weighted by atomic mass is 9.84. The van der Waals surface area contributed by atoms with Gasteiger partial charge < -0.3 is 19.9 Å². The summed E-state index contributed by atoms with van der Waals surface area (Å²) in [5.41, 5.74) is -1.73. The summed E-state index contributed by atoms with van der Waals surface area (Å²) in [6.07, 6.45) is 5.84. The van der Waals surface area contributed by atoms with Crippen LogP contribution in [0.2, 0.25) is 0 Å². The van der Waals surface area contributed by atoms with E-state index in [0.29, 0.717) is 22.3 Å². The Hall–Kier alpha value is -2.19. The monoisotopic (exact) mass is 499 g/mol. The average Bonchev–Trinajstić information content (AvgIpc) is 3.60. The zero-order chi connectivity index (χ0) is 23.6. The van der Waals surface area contributed by atoms with E-state index in [9.17, 15) is 9.90 Å². The molecular weight excluding hydrogens is 466 g/mol. The normalized spacial score (nSPS) is 18.5. The molecule has 1 fully saturated rings. The van der Waals surface area contributed by atoms with Crippen molar-refractivity contribution < 1.29 is 19.4 Å². The van der Waals surface area contributed by atoms with Gasteiger partial charge in [-0.3, -0.25) is 0 Å². The summed E-state index contributed by atoms with van der Waals surface area (Å²) in [5.74, 6) is 0.654. The van der Waals surface area contributed by atoms with E-state index in [0.717, 1.165) is 57.4 Å². The van der Waals surface area contributed by atoms with Crippen molar-refractivity contribution in [2.45, 2.75) is 50.2 Å². The number of carbonyl (C=O) groups is 1. The van der Waals surface area contributed by atoms with Crippen LogP contribution in [0, 0.1) is 5.92 Å². The van der Waals surface area contributed by atoms with Crippen LogP contribution >= 0.6 is 22.7 Å². The fourth-order valence-electron chi connectivity index (χ4n) is 4.49. The van der Waals surface area contributed by atoms with Gasteiger partial charge in [0.15, 0.2) is 0 Å². The van der Waals surface area contributed by atoms with E-state index < -0.39 is 11.6 Å². The lowest BCUT2D eigenvalue weighted by Crippen LogP contribution is -2.42. The van der Waals surface area contributed by atoms with Crippen molar-refractivity contribution in [1.29, 1.82) is 0 Å². The molecule has 34 heavy (non-hydrogen) atoms. The molecule has 1 aromatic carbocycles. The third kappa shape index (κ3) is 6.27. The summed E-state index contributed by atoms with van der Waals surface area (Å²) in [5, 5.41) is 18.8. The van der Waals surface area contributed by atoms with Gasteiger partial charge in [0.1, 0.15) is 11.9 Å². The van der Waals surface area contributed by atoms with Gasteiger partial charge in [-0.2, -0.15) is 0 Å². The second-order valence-corrected chi connectivity index (χ2v) is 10.6. The minimum atomic E-state index is -1.73. The molecule has 182 valence electrons. The summed E-state index contributed by atoms with van der Waals surface area (Å²) >= 11 is 2.75. The molecule has 3 aromatic rings. The Morgan fingerprint density at radius 1 is 0.971 bits per heavy atom. The van der Waals surface area contributed by atoms with E-state index in [1.807, 2.05) is 53.2 Å². The van der Waals surface area contributed by atoms with Gasteiger partial charge in [-0.05, 0) is 86.1 Å². The summed E-state index contributed by atoms with van der Waals surface area (Å²) in [4.78, 5) is 14.6.